The van der Waals surface area contributed by atoms with Crippen LogP contribution in [0.15, 0.2) is 24.5 Å². The number of hydrogen-bond donors (Lipinski definition) is 1. The van der Waals surface area contributed by atoms with Crippen LogP contribution >= 0.6 is 11.6 Å². The Labute approximate surface area is 88.4 Å². The fraction of sp³-hybridized carbons (Fsp3) is 0.375. The number of nitrogens with one attached hydrogen (secondary N) is 1. The van der Waals surface area contributed by atoms with Gasteiger partial charge in [-0.3, -0.25) is 4.98 Å². The Kier molecular flexibility index (Phi) is 3.86. The second-order valence-electron chi connectivity index (χ2n) is 2.84. The molecule has 6 heteroatoms. The zero-order chi connectivity index (χ0) is 10.6. The van der Waals surface area contributed by atoms with E-state index in [0.717, 1.165) is 5.56 Å². The van der Waals surface area contributed by atoms with E-state index in [1.54, 1.807) is 31.5 Å². The summed E-state index contributed by atoms with van der Waals surface area (Å²) < 4.78 is 24.7. The summed E-state index contributed by atoms with van der Waals surface area (Å²) in [5.74, 6) is 0. The molecular formula is C8H11ClN2O2S. The lowest BCUT2D eigenvalue weighted by Crippen LogP contribution is -2.27. The van der Waals surface area contributed by atoms with E-state index in [9.17, 15) is 8.42 Å². The molecule has 0 saturated heterocycles. The van der Waals surface area contributed by atoms with Gasteiger partial charge in [0.2, 0.25) is 10.0 Å². The van der Waals surface area contributed by atoms with Crippen molar-refractivity contribution in [2.24, 2.45) is 0 Å². The number of sulfonamides is 1. The van der Waals surface area contributed by atoms with Gasteiger partial charge < -0.3 is 0 Å². The Hall–Kier alpha value is -0.650. The maximum atomic E-state index is 11.1. The van der Waals surface area contributed by atoms with Crippen molar-refractivity contribution in [3.63, 3.8) is 0 Å². The van der Waals surface area contributed by atoms with Gasteiger partial charge in [-0.05, 0) is 24.6 Å². The smallest absolute Gasteiger partial charge is 0.226 e. The van der Waals surface area contributed by atoms with E-state index in [4.69, 9.17) is 11.6 Å². The molecule has 0 saturated carbocycles. The predicted octanol–water partition coefficient (Wildman–Crippen LogP) is 1.26. The van der Waals surface area contributed by atoms with Crippen molar-refractivity contribution in [3.8, 4) is 0 Å². The fourth-order valence-electron chi connectivity index (χ4n) is 1.02. The van der Waals surface area contributed by atoms with E-state index in [1.807, 2.05) is 0 Å². The predicted molar refractivity (Wildman–Crippen MR) is 55.4 cm³/mol. The van der Waals surface area contributed by atoms with Gasteiger partial charge in [0.1, 0.15) is 5.21 Å². The zero-order valence-electron chi connectivity index (χ0n) is 7.64. The molecule has 0 spiro atoms. The second kappa shape index (κ2) is 4.72. The van der Waals surface area contributed by atoms with Gasteiger partial charge in [0, 0.05) is 18.4 Å². The SMILES string of the molecule is C[C@H](NS(=O)(=O)CCl)c1ccncc1. The van der Waals surface area contributed by atoms with Crippen molar-refractivity contribution in [2.75, 3.05) is 5.21 Å². The topological polar surface area (TPSA) is 59.1 Å². The van der Waals surface area contributed by atoms with Crippen molar-refractivity contribution >= 4 is 21.6 Å². The van der Waals surface area contributed by atoms with E-state index in [2.05, 4.69) is 9.71 Å². The van der Waals surface area contributed by atoms with Crippen LogP contribution in [0.5, 0.6) is 0 Å². The Morgan fingerprint density at radius 2 is 2.07 bits per heavy atom. The first kappa shape index (κ1) is 11.4. The molecule has 14 heavy (non-hydrogen) atoms. The Bertz CT molecular complexity index is 380. The quantitative estimate of drug-likeness (QED) is 0.798. The van der Waals surface area contributed by atoms with Crippen LogP contribution in [-0.4, -0.2) is 18.6 Å². The van der Waals surface area contributed by atoms with Crippen LogP contribution in [0, 0.1) is 0 Å². The zero-order valence-corrected chi connectivity index (χ0v) is 9.22. The van der Waals surface area contributed by atoms with E-state index in [1.165, 1.54) is 0 Å². The maximum absolute atomic E-state index is 11.1. The second-order valence-corrected chi connectivity index (χ2v) is 5.18. The molecule has 0 aliphatic carbocycles. The molecule has 4 nitrogen and oxygen atoms in total. The first-order valence-corrected chi connectivity index (χ1v) is 6.20. The number of halogens is 1. The molecule has 0 unspecified atom stereocenters. The summed E-state index contributed by atoms with van der Waals surface area (Å²) in [6, 6.07) is 3.21. The fourth-order valence-corrected chi connectivity index (χ4v) is 1.95. The van der Waals surface area contributed by atoms with Gasteiger partial charge in [-0.25, -0.2) is 13.1 Å². The third kappa shape index (κ3) is 3.25. The summed E-state index contributed by atoms with van der Waals surface area (Å²) in [5.41, 5.74) is 0.855. The molecule has 0 bridgehead atoms. The van der Waals surface area contributed by atoms with Crippen molar-refractivity contribution < 1.29 is 8.42 Å². The maximum Gasteiger partial charge on any atom is 0.226 e. The van der Waals surface area contributed by atoms with Gasteiger partial charge in [-0.15, -0.1) is 11.6 Å². The summed E-state index contributed by atoms with van der Waals surface area (Å²) in [6.07, 6.45) is 3.22. The number of aromatic nitrogens is 1. The summed E-state index contributed by atoms with van der Waals surface area (Å²) in [6.45, 7) is 1.75. The van der Waals surface area contributed by atoms with Gasteiger partial charge >= 0.3 is 0 Å². The minimum atomic E-state index is -3.37. The minimum absolute atomic E-state index is 0.290. The molecule has 1 heterocycles. The van der Waals surface area contributed by atoms with Crippen LogP contribution in [0.1, 0.15) is 18.5 Å². The first-order valence-electron chi connectivity index (χ1n) is 4.01. The van der Waals surface area contributed by atoms with Gasteiger partial charge in [-0.2, -0.15) is 0 Å². The normalized spacial score (nSPS) is 13.9. The highest BCUT2D eigenvalue weighted by molar-refractivity contribution is 7.90. The number of pyridine rings is 1. The third-order valence-electron chi connectivity index (χ3n) is 1.71. The molecule has 0 aliphatic heterocycles. The highest BCUT2D eigenvalue weighted by Gasteiger charge is 2.13. The van der Waals surface area contributed by atoms with Crippen LogP contribution in [0.25, 0.3) is 0 Å². The van der Waals surface area contributed by atoms with Gasteiger partial charge in [0.15, 0.2) is 0 Å². The molecule has 1 rings (SSSR count). The van der Waals surface area contributed by atoms with Crippen LogP contribution in [0.3, 0.4) is 0 Å². The molecule has 1 atom stereocenters. The number of nitrogens with zero attached hydrogens (tertiary/aromatic N) is 1. The molecule has 0 aliphatic rings. The highest BCUT2D eigenvalue weighted by atomic mass is 35.5. The average Bonchev–Trinajstić information content (AvgIpc) is 2.19. The van der Waals surface area contributed by atoms with E-state index in [-0.39, 0.29) is 6.04 Å². The molecular weight excluding hydrogens is 224 g/mol. The van der Waals surface area contributed by atoms with Crippen molar-refractivity contribution in [2.45, 2.75) is 13.0 Å². The Morgan fingerprint density at radius 3 is 2.57 bits per heavy atom. The number of alkyl halides is 1. The van der Waals surface area contributed by atoms with Crippen LogP contribution in [-0.2, 0) is 10.0 Å². The Balaban J connectivity index is 2.74. The lowest BCUT2D eigenvalue weighted by Gasteiger charge is -2.12. The lowest BCUT2D eigenvalue weighted by atomic mass is 10.1. The summed E-state index contributed by atoms with van der Waals surface area (Å²) in [4.78, 5) is 3.84. The molecule has 1 aromatic heterocycles. The number of hydrogen-bond acceptors (Lipinski definition) is 3. The summed E-state index contributed by atoms with van der Waals surface area (Å²) in [7, 11) is -3.37. The van der Waals surface area contributed by atoms with E-state index >= 15 is 0 Å². The minimum Gasteiger partial charge on any atom is -0.265 e. The summed E-state index contributed by atoms with van der Waals surface area (Å²) >= 11 is 5.26. The molecule has 0 fully saturated rings. The average molecular weight is 235 g/mol. The van der Waals surface area contributed by atoms with Gasteiger partial charge in [0.25, 0.3) is 0 Å². The molecule has 1 N–H and O–H groups in total. The van der Waals surface area contributed by atoms with Gasteiger partial charge in [0.05, 0.1) is 0 Å². The molecule has 0 radical (unpaired) electrons. The Morgan fingerprint density at radius 1 is 1.50 bits per heavy atom. The van der Waals surface area contributed by atoms with Crippen molar-refractivity contribution in [1.29, 1.82) is 0 Å². The largest absolute Gasteiger partial charge is 0.265 e. The van der Waals surface area contributed by atoms with E-state index < -0.39 is 15.2 Å². The van der Waals surface area contributed by atoms with Crippen LogP contribution in [0.2, 0.25) is 0 Å². The monoisotopic (exact) mass is 234 g/mol. The standard InChI is InChI=1S/C8H11ClN2O2S/c1-7(11-14(12,13)6-9)8-2-4-10-5-3-8/h2-5,7,11H,6H2,1H3/t7-/m0/s1. The number of rotatable bonds is 4. The van der Waals surface area contributed by atoms with Crippen molar-refractivity contribution in [3.05, 3.63) is 30.1 Å². The lowest BCUT2D eigenvalue weighted by molar-refractivity contribution is 0.571. The summed E-state index contributed by atoms with van der Waals surface area (Å²) in [5, 5.41) is -0.428. The molecule has 78 valence electrons. The third-order valence-corrected chi connectivity index (χ3v) is 3.57. The van der Waals surface area contributed by atoms with Crippen molar-refractivity contribution in [1.82, 2.24) is 9.71 Å². The first-order chi connectivity index (χ1) is 6.55. The van der Waals surface area contributed by atoms with Crippen LogP contribution < -0.4 is 4.72 Å². The highest BCUT2D eigenvalue weighted by Crippen LogP contribution is 2.11. The molecule has 0 amide bonds. The van der Waals surface area contributed by atoms with Crippen LogP contribution in [0.4, 0.5) is 0 Å². The molecule has 0 aromatic carbocycles. The molecule has 1 aromatic rings. The van der Waals surface area contributed by atoms with Gasteiger partial charge in [-0.1, -0.05) is 0 Å². The van der Waals surface area contributed by atoms with E-state index in [0.29, 0.717) is 0 Å².